The minimum atomic E-state index is -0.353. The van der Waals surface area contributed by atoms with E-state index in [0.717, 1.165) is 64.1 Å². The number of nitrogens with one attached hydrogen (secondary N) is 1. The van der Waals surface area contributed by atoms with E-state index in [4.69, 9.17) is 9.73 Å². The molecule has 0 bridgehead atoms. The summed E-state index contributed by atoms with van der Waals surface area (Å²) in [5, 5.41) is 3.35. The predicted molar refractivity (Wildman–Crippen MR) is 117 cm³/mol. The number of rotatable bonds is 5. The Morgan fingerprint density at radius 2 is 1.81 bits per heavy atom. The van der Waals surface area contributed by atoms with Gasteiger partial charge in [0.25, 0.3) is 0 Å². The molecule has 1 saturated carbocycles. The standard InChI is InChI=1S/C19H34N4O3.HI/c1-5-20-18(23-12-8-15(9-13-23)16(24)26-4)21-14-19(10-6-7-11-19)17(25)22(2)3;/h15H,5-14H2,1-4H3,(H,20,21);1H. The second-order valence-corrected chi connectivity index (χ2v) is 7.64. The number of esters is 1. The van der Waals surface area contributed by atoms with E-state index in [1.807, 2.05) is 21.0 Å². The molecule has 0 aromatic carbocycles. The lowest BCUT2D eigenvalue weighted by atomic mass is 9.85. The summed E-state index contributed by atoms with van der Waals surface area (Å²) in [5.74, 6) is 0.913. The molecule has 156 valence electrons. The van der Waals surface area contributed by atoms with Crippen molar-refractivity contribution in [1.82, 2.24) is 15.1 Å². The van der Waals surface area contributed by atoms with E-state index < -0.39 is 0 Å². The topological polar surface area (TPSA) is 74.2 Å². The molecule has 0 spiro atoms. The molecular weight excluding hydrogens is 459 g/mol. The Morgan fingerprint density at radius 3 is 2.30 bits per heavy atom. The van der Waals surface area contributed by atoms with Crippen LogP contribution in [0.4, 0.5) is 0 Å². The van der Waals surface area contributed by atoms with E-state index >= 15 is 0 Å². The number of carbonyl (C=O) groups excluding carboxylic acids is 2. The Hall–Kier alpha value is -1.06. The van der Waals surface area contributed by atoms with Gasteiger partial charge in [0.2, 0.25) is 5.91 Å². The molecule has 0 atom stereocenters. The van der Waals surface area contributed by atoms with Crippen molar-refractivity contribution in [3.8, 4) is 0 Å². The summed E-state index contributed by atoms with van der Waals surface area (Å²) < 4.78 is 4.86. The fourth-order valence-electron chi connectivity index (χ4n) is 4.11. The molecule has 1 aliphatic heterocycles. The maximum atomic E-state index is 12.7. The Kier molecular flexibility index (Phi) is 9.83. The van der Waals surface area contributed by atoms with Crippen LogP contribution in [0.5, 0.6) is 0 Å². The summed E-state index contributed by atoms with van der Waals surface area (Å²) in [7, 11) is 5.10. The quantitative estimate of drug-likeness (QED) is 0.274. The molecule has 1 saturated heterocycles. The average Bonchev–Trinajstić information content (AvgIpc) is 3.14. The number of hydrogen-bond acceptors (Lipinski definition) is 4. The van der Waals surface area contributed by atoms with Gasteiger partial charge in [-0.15, -0.1) is 24.0 Å². The summed E-state index contributed by atoms with van der Waals surface area (Å²) >= 11 is 0. The van der Waals surface area contributed by atoms with Crippen molar-refractivity contribution in [2.24, 2.45) is 16.3 Å². The van der Waals surface area contributed by atoms with Gasteiger partial charge in [-0.3, -0.25) is 14.6 Å². The zero-order valence-electron chi connectivity index (χ0n) is 17.1. The minimum absolute atomic E-state index is 0. The molecule has 7 nitrogen and oxygen atoms in total. The fourth-order valence-corrected chi connectivity index (χ4v) is 4.11. The first-order valence-corrected chi connectivity index (χ1v) is 9.76. The lowest BCUT2D eigenvalue weighted by Gasteiger charge is -2.34. The monoisotopic (exact) mass is 494 g/mol. The van der Waals surface area contributed by atoms with Crippen LogP contribution in [0.2, 0.25) is 0 Å². The molecule has 1 N–H and O–H groups in total. The second kappa shape index (κ2) is 11.1. The molecular formula is C19H35IN4O3. The van der Waals surface area contributed by atoms with Crippen molar-refractivity contribution in [1.29, 1.82) is 0 Å². The van der Waals surface area contributed by atoms with Crippen LogP contribution in [0.1, 0.15) is 45.4 Å². The van der Waals surface area contributed by atoms with Gasteiger partial charge in [-0.05, 0) is 32.6 Å². The molecule has 0 aromatic heterocycles. The van der Waals surface area contributed by atoms with Crippen LogP contribution in [-0.4, -0.2) is 75.0 Å². The van der Waals surface area contributed by atoms with Gasteiger partial charge in [-0.2, -0.15) is 0 Å². The largest absolute Gasteiger partial charge is 0.469 e. The molecule has 0 unspecified atom stereocenters. The van der Waals surface area contributed by atoms with Crippen molar-refractivity contribution < 1.29 is 14.3 Å². The number of nitrogens with zero attached hydrogens (tertiary/aromatic N) is 3. The number of aliphatic imine (C=N–C) groups is 1. The van der Waals surface area contributed by atoms with Crippen molar-refractivity contribution in [3.63, 3.8) is 0 Å². The maximum Gasteiger partial charge on any atom is 0.308 e. The van der Waals surface area contributed by atoms with Gasteiger partial charge in [0, 0.05) is 33.7 Å². The van der Waals surface area contributed by atoms with E-state index in [2.05, 4.69) is 10.2 Å². The average molecular weight is 494 g/mol. The van der Waals surface area contributed by atoms with E-state index in [1.165, 1.54) is 7.11 Å². The van der Waals surface area contributed by atoms with Crippen LogP contribution in [0.15, 0.2) is 4.99 Å². The summed E-state index contributed by atoms with van der Waals surface area (Å²) in [6.45, 7) is 4.92. The van der Waals surface area contributed by atoms with Crippen molar-refractivity contribution in [2.45, 2.75) is 45.4 Å². The highest BCUT2D eigenvalue weighted by Gasteiger charge is 2.42. The zero-order chi connectivity index (χ0) is 19.2. The van der Waals surface area contributed by atoms with Crippen LogP contribution in [-0.2, 0) is 14.3 Å². The highest BCUT2D eigenvalue weighted by Crippen LogP contribution is 2.39. The van der Waals surface area contributed by atoms with Crippen LogP contribution in [0.3, 0.4) is 0 Å². The minimum Gasteiger partial charge on any atom is -0.469 e. The molecule has 0 aromatic rings. The van der Waals surface area contributed by atoms with Gasteiger partial charge < -0.3 is 19.9 Å². The van der Waals surface area contributed by atoms with E-state index in [0.29, 0.717) is 6.54 Å². The molecule has 2 fully saturated rings. The van der Waals surface area contributed by atoms with Crippen molar-refractivity contribution >= 4 is 41.8 Å². The Labute approximate surface area is 180 Å². The number of ether oxygens (including phenoxy) is 1. The molecule has 2 rings (SSSR count). The van der Waals surface area contributed by atoms with Gasteiger partial charge in [0.15, 0.2) is 5.96 Å². The molecule has 8 heteroatoms. The SMILES string of the molecule is CCNC(=NCC1(C(=O)N(C)C)CCCC1)N1CCC(C(=O)OC)CC1.I. The first kappa shape index (κ1) is 24.0. The third-order valence-corrected chi connectivity index (χ3v) is 5.62. The number of carbonyl (C=O) groups is 2. The number of guanidine groups is 1. The van der Waals surface area contributed by atoms with Gasteiger partial charge in [0.05, 0.1) is 25.0 Å². The predicted octanol–water partition coefficient (Wildman–Crippen LogP) is 2.10. The summed E-state index contributed by atoms with van der Waals surface area (Å²) in [6, 6.07) is 0. The van der Waals surface area contributed by atoms with Gasteiger partial charge in [0.1, 0.15) is 0 Å². The molecule has 1 amide bonds. The fraction of sp³-hybridized carbons (Fsp3) is 0.842. The Bertz CT molecular complexity index is 525. The molecule has 2 aliphatic rings. The number of amides is 1. The lowest BCUT2D eigenvalue weighted by molar-refractivity contribution is -0.146. The van der Waals surface area contributed by atoms with Crippen LogP contribution in [0, 0.1) is 11.3 Å². The Morgan fingerprint density at radius 1 is 1.22 bits per heavy atom. The molecule has 1 heterocycles. The zero-order valence-corrected chi connectivity index (χ0v) is 19.5. The van der Waals surface area contributed by atoms with Crippen LogP contribution >= 0.6 is 24.0 Å². The normalized spacial score (nSPS) is 20.0. The van der Waals surface area contributed by atoms with Gasteiger partial charge in [-0.25, -0.2) is 0 Å². The second-order valence-electron chi connectivity index (χ2n) is 7.64. The summed E-state index contributed by atoms with van der Waals surface area (Å²) in [6.07, 6.45) is 5.57. The smallest absolute Gasteiger partial charge is 0.308 e. The highest BCUT2D eigenvalue weighted by atomic mass is 127. The molecule has 0 radical (unpaired) electrons. The van der Waals surface area contributed by atoms with E-state index in [9.17, 15) is 9.59 Å². The molecule has 1 aliphatic carbocycles. The van der Waals surface area contributed by atoms with Gasteiger partial charge in [-0.1, -0.05) is 12.8 Å². The van der Waals surface area contributed by atoms with Crippen LogP contribution in [0.25, 0.3) is 0 Å². The maximum absolute atomic E-state index is 12.7. The van der Waals surface area contributed by atoms with Crippen LogP contribution < -0.4 is 5.32 Å². The van der Waals surface area contributed by atoms with Gasteiger partial charge >= 0.3 is 5.97 Å². The number of methoxy groups -OCH3 is 1. The Balaban J connectivity index is 0.00000364. The lowest BCUT2D eigenvalue weighted by Crippen LogP contribution is -2.48. The highest BCUT2D eigenvalue weighted by molar-refractivity contribution is 14.0. The number of piperidine rings is 1. The number of likely N-dealkylation sites (tertiary alicyclic amines) is 1. The summed E-state index contributed by atoms with van der Waals surface area (Å²) in [4.78, 5) is 33.2. The van der Waals surface area contributed by atoms with E-state index in [1.54, 1.807) is 4.90 Å². The third-order valence-electron chi connectivity index (χ3n) is 5.62. The first-order valence-electron chi connectivity index (χ1n) is 9.76. The van der Waals surface area contributed by atoms with Crippen molar-refractivity contribution in [2.75, 3.05) is 47.4 Å². The number of hydrogen-bond donors (Lipinski definition) is 1. The van der Waals surface area contributed by atoms with Crippen molar-refractivity contribution in [3.05, 3.63) is 0 Å². The number of halogens is 1. The molecule has 27 heavy (non-hydrogen) atoms. The third kappa shape index (κ3) is 5.96. The first-order chi connectivity index (χ1) is 12.4. The van der Waals surface area contributed by atoms with E-state index in [-0.39, 0.29) is 47.2 Å². The summed E-state index contributed by atoms with van der Waals surface area (Å²) in [5.41, 5.74) is -0.353.